The zero-order valence-electron chi connectivity index (χ0n) is 11.1. The predicted molar refractivity (Wildman–Crippen MR) is 70.0 cm³/mol. The maximum Gasteiger partial charge on any atom is 0.330 e. The SMILES string of the molecule is O=C(O)C(NC(=O)N(CCO)CC(F)F)c1ccccc1. The summed E-state index contributed by atoms with van der Waals surface area (Å²) < 4.78 is 24.7. The lowest BCUT2D eigenvalue weighted by molar-refractivity contribution is -0.139. The number of hydrogen-bond donors (Lipinski definition) is 3. The Hall–Kier alpha value is -2.22. The molecule has 1 rings (SSSR count). The number of aliphatic carboxylic acids is 1. The van der Waals surface area contributed by atoms with E-state index >= 15 is 0 Å². The molecule has 0 radical (unpaired) electrons. The number of carbonyl (C=O) groups excluding carboxylic acids is 1. The Balaban J connectivity index is 2.82. The minimum Gasteiger partial charge on any atom is -0.479 e. The number of benzene rings is 1. The minimum atomic E-state index is -2.78. The minimum absolute atomic E-state index is 0.308. The summed E-state index contributed by atoms with van der Waals surface area (Å²) in [6.07, 6.45) is -2.78. The highest BCUT2D eigenvalue weighted by Gasteiger charge is 2.25. The highest BCUT2D eigenvalue weighted by atomic mass is 19.3. The van der Waals surface area contributed by atoms with Gasteiger partial charge in [-0.2, -0.15) is 0 Å². The molecule has 1 atom stereocenters. The Morgan fingerprint density at radius 3 is 2.33 bits per heavy atom. The number of carboxylic acid groups (broad SMARTS) is 1. The van der Waals surface area contributed by atoms with Crippen molar-refractivity contribution in [3.8, 4) is 0 Å². The number of aliphatic hydroxyl groups excluding tert-OH is 1. The number of amides is 2. The predicted octanol–water partition coefficient (Wildman–Crippen LogP) is 1.08. The van der Waals surface area contributed by atoms with Gasteiger partial charge in [-0.05, 0) is 5.56 Å². The molecule has 0 aliphatic carbocycles. The van der Waals surface area contributed by atoms with Gasteiger partial charge in [-0.3, -0.25) is 0 Å². The van der Waals surface area contributed by atoms with Crippen molar-refractivity contribution < 1.29 is 28.6 Å². The second kappa shape index (κ2) is 8.15. The van der Waals surface area contributed by atoms with Gasteiger partial charge in [0.15, 0.2) is 6.04 Å². The monoisotopic (exact) mass is 302 g/mol. The van der Waals surface area contributed by atoms with E-state index in [9.17, 15) is 18.4 Å². The maximum absolute atomic E-state index is 12.4. The number of halogens is 2. The number of nitrogens with zero attached hydrogens (tertiary/aromatic N) is 1. The zero-order valence-corrected chi connectivity index (χ0v) is 11.1. The third-order valence-electron chi connectivity index (χ3n) is 2.66. The quantitative estimate of drug-likeness (QED) is 0.703. The summed E-state index contributed by atoms with van der Waals surface area (Å²) in [5.74, 6) is -1.31. The van der Waals surface area contributed by atoms with Crippen LogP contribution in [0.4, 0.5) is 13.6 Å². The highest BCUT2D eigenvalue weighted by Crippen LogP contribution is 2.13. The molecular weight excluding hydrogens is 286 g/mol. The van der Waals surface area contributed by atoms with Crippen molar-refractivity contribution >= 4 is 12.0 Å². The molecule has 0 aliphatic heterocycles. The van der Waals surface area contributed by atoms with Crippen LogP contribution in [0, 0.1) is 0 Å². The van der Waals surface area contributed by atoms with Gasteiger partial charge in [-0.25, -0.2) is 18.4 Å². The molecule has 1 unspecified atom stereocenters. The molecule has 0 aromatic heterocycles. The summed E-state index contributed by atoms with van der Waals surface area (Å²) in [5.41, 5.74) is 0.319. The zero-order chi connectivity index (χ0) is 15.8. The maximum atomic E-state index is 12.4. The van der Waals surface area contributed by atoms with Crippen LogP contribution >= 0.6 is 0 Å². The third-order valence-corrected chi connectivity index (χ3v) is 2.66. The molecule has 8 heteroatoms. The highest BCUT2D eigenvalue weighted by molar-refractivity contribution is 5.83. The van der Waals surface area contributed by atoms with Gasteiger partial charge < -0.3 is 20.4 Å². The van der Waals surface area contributed by atoms with Crippen LogP contribution in [0.25, 0.3) is 0 Å². The summed E-state index contributed by atoms with van der Waals surface area (Å²) in [6, 6.07) is 5.56. The first-order chi connectivity index (χ1) is 9.95. The van der Waals surface area contributed by atoms with Crippen LogP contribution in [0.15, 0.2) is 30.3 Å². The summed E-state index contributed by atoms with van der Waals surface area (Å²) >= 11 is 0. The molecule has 6 nitrogen and oxygen atoms in total. The molecule has 116 valence electrons. The molecule has 0 saturated carbocycles. The standard InChI is InChI=1S/C13H16F2N2O4/c14-10(15)8-17(6-7-18)13(21)16-11(12(19)20)9-4-2-1-3-5-9/h1-5,10-11,18H,6-8H2,(H,16,21)(H,19,20). The first-order valence-electron chi connectivity index (χ1n) is 6.18. The average Bonchev–Trinajstić information content (AvgIpc) is 2.44. The molecule has 1 aromatic carbocycles. The molecule has 2 amide bonds. The van der Waals surface area contributed by atoms with Gasteiger partial charge >= 0.3 is 12.0 Å². The number of hydrogen-bond acceptors (Lipinski definition) is 3. The normalized spacial score (nSPS) is 12.0. The van der Waals surface area contributed by atoms with Gasteiger partial charge in [0, 0.05) is 6.54 Å². The van der Waals surface area contributed by atoms with E-state index in [2.05, 4.69) is 5.32 Å². The van der Waals surface area contributed by atoms with Crippen molar-refractivity contribution in [2.75, 3.05) is 19.7 Å². The van der Waals surface area contributed by atoms with Crippen molar-refractivity contribution in [1.29, 1.82) is 0 Å². The first kappa shape index (κ1) is 16.8. The van der Waals surface area contributed by atoms with E-state index in [0.29, 0.717) is 10.5 Å². The molecule has 21 heavy (non-hydrogen) atoms. The molecule has 0 saturated heterocycles. The topological polar surface area (TPSA) is 89.9 Å². The molecule has 1 aromatic rings. The van der Waals surface area contributed by atoms with Gasteiger partial charge in [0.1, 0.15) is 0 Å². The third kappa shape index (κ3) is 5.35. The van der Waals surface area contributed by atoms with Crippen LogP contribution in [0.3, 0.4) is 0 Å². The number of urea groups is 1. The number of alkyl halides is 2. The number of carboxylic acids is 1. The van der Waals surface area contributed by atoms with Gasteiger partial charge in [0.2, 0.25) is 0 Å². The molecule has 0 fully saturated rings. The molecule has 0 heterocycles. The van der Waals surface area contributed by atoms with E-state index in [1.807, 2.05) is 0 Å². The van der Waals surface area contributed by atoms with Crippen molar-refractivity contribution in [2.45, 2.75) is 12.5 Å². The van der Waals surface area contributed by atoms with Crippen LogP contribution in [-0.4, -0.2) is 53.2 Å². The van der Waals surface area contributed by atoms with E-state index in [-0.39, 0.29) is 6.54 Å². The fraction of sp³-hybridized carbons (Fsp3) is 0.385. The lowest BCUT2D eigenvalue weighted by Crippen LogP contribution is -2.46. The van der Waals surface area contributed by atoms with Crippen LogP contribution in [0.1, 0.15) is 11.6 Å². The van der Waals surface area contributed by atoms with Crippen LogP contribution in [0.2, 0.25) is 0 Å². The van der Waals surface area contributed by atoms with E-state index in [1.54, 1.807) is 18.2 Å². The second-order valence-corrected chi connectivity index (χ2v) is 4.19. The lowest BCUT2D eigenvalue weighted by atomic mass is 10.1. The molecule has 0 aliphatic rings. The first-order valence-corrected chi connectivity index (χ1v) is 6.18. The van der Waals surface area contributed by atoms with Crippen molar-refractivity contribution in [1.82, 2.24) is 10.2 Å². The van der Waals surface area contributed by atoms with Crippen molar-refractivity contribution in [3.05, 3.63) is 35.9 Å². The number of nitrogens with one attached hydrogen (secondary N) is 1. The molecular formula is C13H16F2N2O4. The Labute approximate surface area is 120 Å². The summed E-state index contributed by atoms with van der Waals surface area (Å²) in [4.78, 5) is 23.7. The lowest BCUT2D eigenvalue weighted by Gasteiger charge is -2.24. The number of aliphatic hydroxyl groups is 1. The smallest absolute Gasteiger partial charge is 0.330 e. The van der Waals surface area contributed by atoms with Gasteiger partial charge in [-0.15, -0.1) is 0 Å². The molecule has 0 bridgehead atoms. The van der Waals surface area contributed by atoms with E-state index in [1.165, 1.54) is 12.1 Å². The van der Waals surface area contributed by atoms with Gasteiger partial charge in [0.25, 0.3) is 6.43 Å². The summed E-state index contributed by atoms with van der Waals surface area (Å²) in [7, 11) is 0. The Morgan fingerprint density at radius 2 is 1.86 bits per heavy atom. The van der Waals surface area contributed by atoms with Gasteiger partial charge in [-0.1, -0.05) is 30.3 Å². The average molecular weight is 302 g/mol. The van der Waals surface area contributed by atoms with E-state index in [4.69, 9.17) is 10.2 Å². The Kier molecular flexibility index (Phi) is 6.54. The summed E-state index contributed by atoms with van der Waals surface area (Å²) in [5, 5.41) is 20.1. The Morgan fingerprint density at radius 1 is 1.24 bits per heavy atom. The fourth-order valence-corrected chi connectivity index (χ4v) is 1.71. The fourth-order valence-electron chi connectivity index (χ4n) is 1.71. The van der Waals surface area contributed by atoms with Crippen molar-refractivity contribution in [3.63, 3.8) is 0 Å². The van der Waals surface area contributed by atoms with E-state index < -0.39 is 37.6 Å². The van der Waals surface area contributed by atoms with Crippen LogP contribution in [-0.2, 0) is 4.79 Å². The number of rotatable bonds is 7. The molecule has 0 spiro atoms. The second-order valence-electron chi connectivity index (χ2n) is 4.19. The van der Waals surface area contributed by atoms with Crippen LogP contribution < -0.4 is 5.32 Å². The summed E-state index contributed by atoms with van der Waals surface area (Å²) in [6.45, 7) is -1.69. The van der Waals surface area contributed by atoms with Crippen molar-refractivity contribution in [2.24, 2.45) is 0 Å². The Bertz CT molecular complexity index is 470. The van der Waals surface area contributed by atoms with Gasteiger partial charge in [0.05, 0.1) is 13.2 Å². The van der Waals surface area contributed by atoms with E-state index in [0.717, 1.165) is 0 Å². The largest absolute Gasteiger partial charge is 0.479 e. The molecule has 3 N–H and O–H groups in total. The number of carbonyl (C=O) groups is 2. The van der Waals surface area contributed by atoms with Crippen LogP contribution in [0.5, 0.6) is 0 Å².